The highest BCUT2D eigenvalue weighted by Gasteiger charge is 2.23. The maximum Gasteiger partial charge on any atom is 0.0702 e. The largest absolute Gasteiger partial charge is 0.308 e. The minimum absolute atomic E-state index is 1.10. The summed E-state index contributed by atoms with van der Waals surface area (Å²) in [4.78, 5) is 2.44. The maximum atomic E-state index is 2.44. The minimum atomic E-state index is 1.10. The summed E-state index contributed by atoms with van der Waals surface area (Å²) in [7, 11) is 0. The van der Waals surface area contributed by atoms with E-state index in [-0.39, 0.29) is 0 Å². The maximum absolute atomic E-state index is 2.44. The van der Waals surface area contributed by atoms with Gasteiger partial charge in [0.1, 0.15) is 0 Å². The number of anilines is 3. The Balaban J connectivity index is 1.34. The number of aromatic nitrogens is 1. The van der Waals surface area contributed by atoms with Crippen LogP contribution in [0.1, 0.15) is 0 Å². The van der Waals surface area contributed by atoms with E-state index in [2.05, 4.69) is 204 Å². The van der Waals surface area contributed by atoms with E-state index in [9.17, 15) is 0 Å². The topological polar surface area (TPSA) is 8.17 Å². The van der Waals surface area contributed by atoms with Crippen LogP contribution in [0.5, 0.6) is 0 Å². The van der Waals surface area contributed by atoms with E-state index in [0.29, 0.717) is 0 Å². The van der Waals surface area contributed by atoms with Crippen LogP contribution in [0.4, 0.5) is 17.1 Å². The molecular weight excluding hydrogens is 581 g/mol. The summed E-state index contributed by atoms with van der Waals surface area (Å²) in [5.41, 5.74) is 11.5. The molecule has 0 N–H and O–H groups in total. The number of benzene rings is 8. The van der Waals surface area contributed by atoms with Gasteiger partial charge in [-0.1, -0.05) is 146 Å². The molecule has 0 saturated heterocycles. The van der Waals surface area contributed by atoms with Crippen LogP contribution >= 0.6 is 0 Å². The smallest absolute Gasteiger partial charge is 0.0702 e. The summed E-state index contributed by atoms with van der Waals surface area (Å²) in [5.74, 6) is 0. The molecule has 0 amide bonds. The van der Waals surface area contributed by atoms with Gasteiger partial charge in [0.05, 0.1) is 28.1 Å². The molecule has 0 atom stereocenters. The Hall–Kier alpha value is -6.38. The van der Waals surface area contributed by atoms with Gasteiger partial charge < -0.3 is 9.47 Å². The van der Waals surface area contributed by atoms with E-state index in [1.54, 1.807) is 0 Å². The molecule has 8 aromatic carbocycles. The van der Waals surface area contributed by atoms with Gasteiger partial charge in [-0.05, 0) is 76.0 Å². The second kappa shape index (κ2) is 11.8. The van der Waals surface area contributed by atoms with Crippen LogP contribution in [-0.4, -0.2) is 4.57 Å². The van der Waals surface area contributed by atoms with Crippen LogP contribution in [0.3, 0.4) is 0 Å². The second-order valence-electron chi connectivity index (χ2n) is 12.2. The van der Waals surface area contributed by atoms with Gasteiger partial charge in [-0.15, -0.1) is 0 Å². The lowest BCUT2D eigenvalue weighted by atomic mass is 9.95. The number of para-hydroxylation sites is 5. The predicted octanol–water partition coefficient (Wildman–Crippen LogP) is 12.7. The Morgan fingerprint density at radius 2 is 0.917 bits per heavy atom. The highest BCUT2D eigenvalue weighted by Crippen LogP contribution is 2.46. The zero-order valence-electron chi connectivity index (χ0n) is 26.4. The molecule has 0 aliphatic heterocycles. The van der Waals surface area contributed by atoms with Gasteiger partial charge in [-0.2, -0.15) is 0 Å². The van der Waals surface area contributed by atoms with Crippen molar-refractivity contribution in [1.82, 2.24) is 4.57 Å². The molecule has 9 aromatic rings. The van der Waals surface area contributed by atoms with Crippen molar-refractivity contribution in [3.8, 4) is 27.9 Å². The van der Waals surface area contributed by atoms with Crippen LogP contribution < -0.4 is 4.90 Å². The van der Waals surface area contributed by atoms with Crippen molar-refractivity contribution in [3.05, 3.63) is 194 Å². The number of hydrogen-bond acceptors (Lipinski definition) is 1. The van der Waals surface area contributed by atoms with E-state index in [4.69, 9.17) is 0 Å². The Kier molecular flexibility index (Phi) is 6.84. The first kappa shape index (κ1) is 27.9. The zero-order valence-corrected chi connectivity index (χ0v) is 26.4. The van der Waals surface area contributed by atoms with Gasteiger partial charge in [0.15, 0.2) is 0 Å². The number of rotatable bonds is 6. The molecule has 1 aromatic heterocycles. The third-order valence-electron chi connectivity index (χ3n) is 9.36. The van der Waals surface area contributed by atoms with E-state index in [1.807, 2.05) is 0 Å². The molecule has 0 aliphatic carbocycles. The van der Waals surface area contributed by atoms with E-state index in [0.717, 1.165) is 22.7 Å². The average molecular weight is 613 g/mol. The van der Waals surface area contributed by atoms with Crippen LogP contribution in [0, 0.1) is 0 Å². The van der Waals surface area contributed by atoms with Crippen LogP contribution in [0.2, 0.25) is 0 Å². The summed E-state index contributed by atoms with van der Waals surface area (Å²) < 4.78 is 2.42. The molecule has 0 bridgehead atoms. The zero-order chi connectivity index (χ0) is 31.9. The van der Waals surface area contributed by atoms with E-state index in [1.165, 1.54) is 54.8 Å². The Morgan fingerprint density at radius 1 is 0.354 bits per heavy atom. The first-order valence-electron chi connectivity index (χ1n) is 16.4. The van der Waals surface area contributed by atoms with Crippen LogP contribution in [-0.2, 0) is 0 Å². The third-order valence-corrected chi connectivity index (χ3v) is 9.36. The van der Waals surface area contributed by atoms with Crippen molar-refractivity contribution in [2.75, 3.05) is 4.90 Å². The molecule has 0 aliphatic rings. The molecule has 0 radical (unpaired) electrons. The standard InChI is InChI=1S/C46H32N2/c1-3-16-34(17-4-1)39-30-29-37(36-28-27-33-15-7-8-18-35(33)31-36)32-46(39)47(38-19-5-2-6-20-38)44-25-13-14-26-45(44)48-42-23-11-9-21-40(42)41-22-10-12-24-43(41)48/h1-32H. The first-order chi connectivity index (χ1) is 23.8. The van der Waals surface area contributed by atoms with E-state index < -0.39 is 0 Å². The quantitative estimate of drug-likeness (QED) is 0.181. The second-order valence-corrected chi connectivity index (χ2v) is 12.2. The molecule has 0 spiro atoms. The first-order valence-corrected chi connectivity index (χ1v) is 16.4. The van der Waals surface area contributed by atoms with Gasteiger partial charge in [-0.25, -0.2) is 0 Å². The van der Waals surface area contributed by atoms with Gasteiger partial charge in [0.25, 0.3) is 0 Å². The van der Waals surface area contributed by atoms with Crippen LogP contribution in [0.15, 0.2) is 194 Å². The highest BCUT2D eigenvalue weighted by molar-refractivity contribution is 6.10. The van der Waals surface area contributed by atoms with E-state index >= 15 is 0 Å². The van der Waals surface area contributed by atoms with Gasteiger partial charge in [0.2, 0.25) is 0 Å². The number of fused-ring (bicyclic) bond motifs is 4. The normalized spacial score (nSPS) is 11.3. The summed E-state index contributed by atoms with van der Waals surface area (Å²) in [5, 5.41) is 4.98. The average Bonchev–Trinajstić information content (AvgIpc) is 3.50. The van der Waals surface area contributed by atoms with Gasteiger partial charge in [0, 0.05) is 22.0 Å². The Labute approximate surface area is 280 Å². The molecule has 0 fully saturated rings. The summed E-state index contributed by atoms with van der Waals surface area (Å²) >= 11 is 0. The highest BCUT2D eigenvalue weighted by atomic mass is 15.2. The molecule has 2 heteroatoms. The van der Waals surface area contributed by atoms with Crippen molar-refractivity contribution in [1.29, 1.82) is 0 Å². The minimum Gasteiger partial charge on any atom is -0.308 e. The monoisotopic (exact) mass is 612 g/mol. The van der Waals surface area contributed by atoms with Crippen molar-refractivity contribution in [2.24, 2.45) is 0 Å². The molecular formula is C46H32N2. The van der Waals surface area contributed by atoms with Crippen LogP contribution in [0.25, 0.3) is 60.5 Å². The molecule has 9 rings (SSSR count). The lowest BCUT2D eigenvalue weighted by Crippen LogP contribution is -2.14. The lowest BCUT2D eigenvalue weighted by Gasteiger charge is -2.30. The van der Waals surface area contributed by atoms with Crippen molar-refractivity contribution < 1.29 is 0 Å². The number of nitrogens with zero attached hydrogens (tertiary/aromatic N) is 2. The summed E-state index contributed by atoms with van der Waals surface area (Å²) in [6, 6.07) is 70.0. The van der Waals surface area contributed by atoms with Crippen molar-refractivity contribution in [2.45, 2.75) is 0 Å². The molecule has 48 heavy (non-hydrogen) atoms. The summed E-state index contributed by atoms with van der Waals surface area (Å²) in [6.45, 7) is 0. The van der Waals surface area contributed by atoms with Gasteiger partial charge >= 0.3 is 0 Å². The van der Waals surface area contributed by atoms with Crippen molar-refractivity contribution >= 4 is 49.6 Å². The number of hydrogen-bond donors (Lipinski definition) is 0. The van der Waals surface area contributed by atoms with Crippen molar-refractivity contribution in [3.63, 3.8) is 0 Å². The molecule has 0 unspecified atom stereocenters. The fourth-order valence-corrected chi connectivity index (χ4v) is 7.14. The van der Waals surface area contributed by atoms with Gasteiger partial charge in [-0.3, -0.25) is 0 Å². The fraction of sp³-hybridized carbons (Fsp3) is 0. The molecule has 0 saturated carbocycles. The summed E-state index contributed by atoms with van der Waals surface area (Å²) in [6.07, 6.45) is 0. The molecule has 2 nitrogen and oxygen atoms in total. The molecule has 226 valence electrons. The SMILES string of the molecule is c1ccc(-c2ccc(-c3ccc4ccccc4c3)cc2N(c2ccccc2)c2ccccc2-n2c3ccccc3c3ccccc32)cc1. The third kappa shape index (κ3) is 4.74. The predicted molar refractivity (Wildman–Crippen MR) is 204 cm³/mol. The Morgan fingerprint density at radius 3 is 1.67 bits per heavy atom. The lowest BCUT2D eigenvalue weighted by molar-refractivity contribution is 1.15. The molecule has 1 heterocycles. The Bertz CT molecular complexity index is 2510. The fourth-order valence-electron chi connectivity index (χ4n) is 7.14.